The first-order valence-corrected chi connectivity index (χ1v) is 8.07. The van der Waals surface area contributed by atoms with Crippen LogP contribution in [0, 0.1) is 32.1 Å². The molecule has 0 aromatic heterocycles. The Balaban J connectivity index is 1.59. The Morgan fingerprint density at radius 1 is 0.750 bits per heavy atom. The molecule has 10 heteroatoms. The minimum absolute atomic E-state index is 0.103. The number of non-ortho nitro benzene ring substituents is 2. The van der Waals surface area contributed by atoms with Crippen molar-refractivity contribution < 1.29 is 19.4 Å². The zero-order valence-electron chi connectivity index (χ0n) is 14.3. The van der Waals surface area contributed by atoms with Crippen molar-refractivity contribution in [1.82, 2.24) is 0 Å². The Kier molecular flexibility index (Phi) is 4.86. The number of anilines is 2. The summed E-state index contributed by atoms with van der Waals surface area (Å²) in [7, 11) is 0. The van der Waals surface area contributed by atoms with Gasteiger partial charge in [0.1, 0.15) is 0 Å². The summed E-state index contributed by atoms with van der Waals surface area (Å²) < 4.78 is 0. The lowest BCUT2D eigenvalue weighted by atomic mass is 10.2. The number of hydrogen-bond acceptors (Lipinski definition) is 6. The molecule has 0 spiro atoms. The predicted molar refractivity (Wildman–Crippen MR) is 99.6 cm³/mol. The number of nitro benzene ring substituents is 2. The van der Waals surface area contributed by atoms with E-state index in [1.165, 1.54) is 48.5 Å². The third-order valence-electron chi connectivity index (χ3n) is 4.28. The van der Waals surface area contributed by atoms with Gasteiger partial charge in [0.25, 0.3) is 11.4 Å². The molecule has 142 valence electrons. The van der Waals surface area contributed by atoms with Crippen LogP contribution in [0.4, 0.5) is 22.7 Å². The fraction of sp³-hybridized carbons (Fsp3) is 0.111. The molecule has 28 heavy (non-hydrogen) atoms. The van der Waals surface area contributed by atoms with Gasteiger partial charge >= 0.3 is 0 Å². The van der Waals surface area contributed by atoms with Crippen molar-refractivity contribution in [3.8, 4) is 0 Å². The van der Waals surface area contributed by atoms with Gasteiger partial charge in [0, 0.05) is 35.6 Å². The highest BCUT2D eigenvalue weighted by Crippen LogP contribution is 2.45. The maximum Gasteiger partial charge on any atom is 0.269 e. The van der Waals surface area contributed by atoms with Crippen LogP contribution in [0.15, 0.2) is 60.7 Å². The number of hydrogen-bond donors (Lipinski definition) is 2. The van der Waals surface area contributed by atoms with E-state index in [0.29, 0.717) is 16.9 Å². The minimum Gasteiger partial charge on any atom is -0.326 e. The molecule has 0 aliphatic heterocycles. The summed E-state index contributed by atoms with van der Waals surface area (Å²) >= 11 is 0. The second-order valence-electron chi connectivity index (χ2n) is 6.12. The predicted octanol–water partition coefficient (Wildman–Crippen LogP) is 2.88. The Labute approximate surface area is 158 Å². The van der Waals surface area contributed by atoms with Gasteiger partial charge < -0.3 is 10.6 Å². The van der Waals surface area contributed by atoms with Crippen LogP contribution >= 0.6 is 0 Å². The number of carbonyl (C=O) groups excluding carboxylic acids is 2. The zero-order chi connectivity index (χ0) is 20.4. The molecule has 2 N–H and O–H groups in total. The van der Waals surface area contributed by atoms with Crippen molar-refractivity contribution >= 4 is 34.6 Å². The van der Waals surface area contributed by atoms with Crippen molar-refractivity contribution in [2.75, 3.05) is 10.6 Å². The topological polar surface area (TPSA) is 144 Å². The maximum absolute atomic E-state index is 12.3. The zero-order valence-corrected chi connectivity index (χ0v) is 14.3. The molecule has 1 fully saturated rings. The van der Waals surface area contributed by atoms with E-state index < -0.39 is 33.5 Å². The average molecular weight is 382 g/mol. The molecule has 2 amide bonds. The highest BCUT2D eigenvalue weighted by Gasteiger charge is 2.52. The quantitative estimate of drug-likeness (QED) is 0.446. The number of nitrogens with one attached hydrogen (secondary N) is 2. The number of nitro groups is 2. The normalized spacial score (nSPS) is 17.5. The number of benzene rings is 2. The summed E-state index contributed by atoms with van der Waals surface area (Å²) in [5.41, 5.74) is 0.969. The molecule has 2 aromatic carbocycles. The number of rotatable bonds is 6. The van der Waals surface area contributed by atoms with Crippen LogP contribution in [-0.4, -0.2) is 21.7 Å². The smallest absolute Gasteiger partial charge is 0.269 e. The standard InChI is InChI=1S/C18H14N4O6/c1-10-15(17(23)19-11-2-6-13(7-3-11)21(25)26)16(10)18(24)20-12-4-8-14(9-5-12)22(27)28/h2-9,15-16H,1H2,(H,19,23)(H,20,24)/t15-,16-/m1/s1. The van der Waals surface area contributed by atoms with Crippen LogP contribution in [0.3, 0.4) is 0 Å². The van der Waals surface area contributed by atoms with Crippen molar-refractivity contribution in [3.63, 3.8) is 0 Å². The van der Waals surface area contributed by atoms with Crippen molar-refractivity contribution in [2.45, 2.75) is 0 Å². The molecule has 10 nitrogen and oxygen atoms in total. The first-order valence-electron chi connectivity index (χ1n) is 8.07. The SMILES string of the molecule is C=C1[C@@H](C(=O)Nc2ccc([N+](=O)[O-])cc2)[C@@H]1C(=O)Nc1ccc([N+](=O)[O-])cc1. The van der Waals surface area contributed by atoms with Gasteiger partial charge in [-0.15, -0.1) is 0 Å². The Hall–Kier alpha value is -4.08. The molecule has 1 saturated carbocycles. The summed E-state index contributed by atoms with van der Waals surface area (Å²) in [5.74, 6) is -2.31. The molecular weight excluding hydrogens is 368 g/mol. The van der Waals surface area contributed by atoms with Gasteiger partial charge in [0.05, 0.1) is 21.7 Å². The monoisotopic (exact) mass is 382 g/mol. The highest BCUT2D eigenvalue weighted by atomic mass is 16.6. The van der Waals surface area contributed by atoms with Crippen LogP contribution in [0.2, 0.25) is 0 Å². The van der Waals surface area contributed by atoms with Crippen LogP contribution in [0.1, 0.15) is 0 Å². The maximum atomic E-state index is 12.3. The molecule has 1 aliphatic rings. The molecule has 1 aliphatic carbocycles. The molecule has 0 heterocycles. The van der Waals surface area contributed by atoms with Crippen LogP contribution in [-0.2, 0) is 9.59 Å². The molecule has 0 bridgehead atoms. The summed E-state index contributed by atoms with van der Waals surface area (Å²) in [6.45, 7) is 3.73. The number of amides is 2. The molecule has 0 unspecified atom stereocenters. The van der Waals surface area contributed by atoms with E-state index >= 15 is 0 Å². The number of nitrogens with zero attached hydrogens (tertiary/aromatic N) is 2. The lowest BCUT2D eigenvalue weighted by molar-refractivity contribution is -0.385. The Morgan fingerprint density at radius 2 is 1.07 bits per heavy atom. The molecule has 2 atom stereocenters. The van der Waals surface area contributed by atoms with E-state index in [1.54, 1.807) is 0 Å². The fourth-order valence-electron chi connectivity index (χ4n) is 2.73. The molecule has 3 rings (SSSR count). The van der Waals surface area contributed by atoms with Crippen molar-refractivity contribution in [1.29, 1.82) is 0 Å². The first kappa shape index (κ1) is 18.7. The molecule has 0 saturated heterocycles. The van der Waals surface area contributed by atoms with Gasteiger partial charge in [-0.3, -0.25) is 29.8 Å². The lowest BCUT2D eigenvalue weighted by Crippen LogP contribution is -2.20. The first-order chi connectivity index (χ1) is 13.3. The average Bonchev–Trinajstić information content (AvgIpc) is 3.34. The van der Waals surface area contributed by atoms with E-state index in [1.807, 2.05) is 0 Å². The second kappa shape index (κ2) is 7.27. The summed E-state index contributed by atoms with van der Waals surface area (Å²) in [6.07, 6.45) is 0. The Bertz CT molecular complexity index is 905. The largest absolute Gasteiger partial charge is 0.326 e. The van der Waals surface area contributed by atoms with Crippen molar-refractivity contribution in [3.05, 3.63) is 80.9 Å². The molecular formula is C18H14N4O6. The fourth-order valence-corrected chi connectivity index (χ4v) is 2.73. The lowest BCUT2D eigenvalue weighted by Gasteiger charge is -2.05. The second-order valence-corrected chi connectivity index (χ2v) is 6.12. The van der Waals surface area contributed by atoms with Crippen LogP contribution in [0.25, 0.3) is 0 Å². The summed E-state index contributed by atoms with van der Waals surface area (Å²) in [4.78, 5) is 44.9. The van der Waals surface area contributed by atoms with Gasteiger partial charge in [0.2, 0.25) is 11.8 Å². The third kappa shape index (κ3) is 3.85. The van der Waals surface area contributed by atoms with Gasteiger partial charge in [0.15, 0.2) is 0 Å². The van der Waals surface area contributed by atoms with E-state index in [2.05, 4.69) is 17.2 Å². The van der Waals surface area contributed by atoms with E-state index in [-0.39, 0.29) is 11.4 Å². The highest BCUT2D eigenvalue weighted by molar-refractivity contribution is 6.08. The third-order valence-corrected chi connectivity index (χ3v) is 4.28. The van der Waals surface area contributed by atoms with E-state index in [0.717, 1.165) is 0 Å². The molecule has 2 aromatic rings. The number of carbonyl (C=O) groups is 2. The molecule has 0 radical (unpaired) electrons. The van der Waals surface area contributed by atoms with Gasteiger partial charge in [-0.25, -0.2) is 0 Å². The Morgan fingerprint density at radius 3 is 1.36 bits per heavy atom. The minimum atomic E-state index is -0.715. The van der Waals surface area contributed by atoms with Crippen molar-refractivity contribution in [2.24, 2.45) is 11.8 Å². The summed E-state index contributed by atoms with van der Waals surface area (Å²) in [6, 6.07) is 10.6. The van der Waals surface area contributed by atoms with Crippen LogP contribution < -0.4 is 10.6 Å². The van der Waals surface area contributed by atoms with Gasteiger partial charge in [-0.2, -0.15) is 0 Å². The summed E-state index contributed by atoms with van der Waals surface area (Å²) in [5, 5.41) is 26.5. The van der Waals surface area contributed by atoms with Crippen LogP contribution in [0.5, 0.6) is 0 Å². The van der Waals surface area contributed by atoms with E-state index in [9.17, 15) is 29.8 Å². The van der Waals surface area contributed by atoms with E-state index in [4.69, 9.17) is 0 Å². The van der Waals surface area contributed by atoms with Gasteiger partial charge in [-0.1, -0.05) is 12.2 Å². The van der Waals surface area contributed by atoms with Gasteiger partial charge in [-0.05, 0) is 24.3 Å².